The lowest BCUT2D eigenvalue weighted by Gasteiger charge is -2.40. The Balaban J connectivity index is 2.70. The molecule has 3 atom stereocenters. The summed E-state index contributed by atoms with van der Waals surface area (Å²) in [7, 11) is 0. The van der Waals surface area contributed by atoms with Crippen LogP contribution in [0.2, 0.25) is 0 Å². The fourth-order valence-electron chi connectivity index (χ4n) is 2.99. The summed E-state index contributed by atoms with van der Waals surface area (Å²) in [6.45, 7) is 6.58. The number of carbonyl (C=O) groups excluding carboxylic acids is 1. The molecule has 0 aromatic heterocycles. The Labute approximate surface area is 110 Å². The number of amides is 1. The summed E-state index contributed by atoms with van der Waals surface area (Å²) >= 11 is 0. The molecule has 1 saturated carbocycles. The maximum atomic E-state index is 12.3. The zero-order valence-electron chi connectivity index (χ0n) is 11.9. The molecule has 18 heavy (non-hydrogen) atoms. The summed E-state index contributed by atoms with van der Waals surface area (Å²) in [6, 6.07) is 0. The van der Waals surface area contributed by atoms with Crippen LogP contribution >= 0.6 is 0 Å². The molecule has 1 fully saturated rings. The van der Waals surface area contributed by atoms with Crippen molar-refractivity contribution in [2.24, 2.45) is 23.5 Å². The molecule has 4 N–H and O–H groups in total. The Morgan fingerprint density at radius 3 is 2.67 bits per heavy atom. The summed E-state index contributed by atoms with van der Waals surface area (Å²) in [5, 5.41) is 12.7. The van der Waals surface area contributed by atoms with Crippen molar-refractivity contribution in [3.8, 4) is 0 Å². The van der Waals surface area contributed by atoms with Crippen molar-refractivity contribution >= 4 is 5.91 Å². The minimum absolute atomic E-state index is 0.00403. The van der Waals surface area contributed by atoms with E-state index in [2.05, 4.69) is 12.2 Å². The van der Waals surface area contributed by atoms with Crippen LogP contribution in [0, 0.1) is 17.8 Å². The molecule has 4 heteroatoms. The molecule has 0 bridgehead atoms. The molecule has 0 aliphatic heterocycles. The summed E-state index contributed by atoms with van der Waals surface area (Å²) in [4.78, 5) is 12.3. The van der Waals surface area contributed by atoms with Gasteiger partial charge in [0.15, 0.2) is 0 Å². The van der Waals surface area contributed by atoms with Gasteiger partial charge in [0.2, 0.25) is 5.91 Å². The smallest absolute Gasteiger partial charge is 0.225 e. The fraction of sp³-hybridized carbons (Fsp3) is 0.929. The first kappa shape index (κ1) is 15.4. The second-order valence-corrected chi connectivity index (χ2v) is 6.22. The first-order chi connectivity index (χ1) is 8.44. The zero-order chi connectivity index (χ0) is 13.8. The largest absolute Gasteiger partial charge is 0.394 e. The topological polar surface area (TPSA) is 75.3 Å². The predicted octanol–water partition coefficient (Wildman–Crippen LogP) is 1.27. The Morgan fingerprint density at radius 2 is 2.22 bits per heavy atom. The van der Waals surface area contributed by atoms with Crippen LogP contribution in [0.3, 0.4) is 0 Å². The fourth-order valence-corrected chi connectivity index (χ4v) is 2.99. The Morgan fingerprint density at radius 1 is 1.56 bits per heavy atom. The Hall–Kier alpha value is -0.610. The van der Waals surface area contributed by atoms with Gasteiger partial charge in [-0.15, -0.1) is 0 Å². The summed E-state index contributed by atoms with van der Waals surface area (Å²) in [5.74, 6) is 0.620. The second-order valence-electron chi connectivity index (χ2n) is 6.22. The standard InChI is InChI=1S/C14H28N2O2/c1-10(2)12(8-15)13(18)16-14(9-17)6-4-5-11(3)7-14/h10-12,17H,4-9,15H2,1-3H3,(H,16,18). The highest BCUT2D eigenvalue weighted by atomic mass is 16.3. The van der Waals surface area contributed by atoms with E-state index in [4.69, 9.17) is 5.73 Å². The van der Waals surface area contributed by atoms with E-state index in [1.165, 1.54) is 6.42 Å². The number of carbonyl (C=O) groups is 1. The highest BCUT2D eigenvalue weighted by molar-refractivity contribution is 5.80. The second kappa shape index (κ2) is 6.53. The van der Waals surface area contributed by atoms with Crippen molar-refractivity contribution in [2.45, 2.75) is 52.0 Å². The Bertz CT molecular complexity index is 281. The lowest BCUT2D eigenvalue weighted by Crippen LogP contribution is -2.56. The number of nitrogens with one attached hydrogen (secondary N) is 1. The van der Waals surface area contributed by atoms with Crippen LogP contribution in [-0.2, 0) is 4.79 Å². The van der Waals surface area contributed by atoms with Gasteiger partial charge in [-0.3, -0.25) is 4.79 Å². The van der Waals surface area contributed by atoms with Crippen molar-refractivity contribution in [1.29, 1.82) is 0 Å². The van der Waals surface area contributed by atoms with Gasteiger partial charge >= 0.3 is 0 Å². The van der Waals surface area contributed by atoms with Crippen molar-refractivity contribution < 1.29 is 9.90 Å². The van der Waals surface area contributed by atoms with Gasteiger partial charge in [0.05, 0.1) is 18.1 Å². The van der Waals surface area contributed by atoms with Crippen LogP contribution in [0.15, 0.2) is 0 Å². The third-order valence-electron chi connectivity index (χ3n) is 4.18. The molecule has 1 aliphatic carbocycles. The van der Waals surface area contributed by atoms with Crippen molar-refractivity contribution in [1.82, 2.24) is 5.32 Å². The maximum Gasteiger partial charge on any atom is 0.225 e. The van der Waals surface area contributed by atoms with Crippen molar-refractivity contribution in [3.63, 3.8) is 0 Å². The molecule has 0 aromatic rings. The van der Waals surface area contributed by atoms with Crippen LogP contribution in [0.4, 0.5) is 0 Å². The first-order valence-electron chi connectivity index (χ1n) is 7.07. The van der Waals surface area contributed by atoms with Crippen LogP contribution in [0.1, 0.15) is 46.5 Å². The first-order valence-corrected chi connectivity index (χ1v) is 7.07. The predicted molar refractivity (Wildman–Crippen MR) is 73.0 cm³/mol. The van der Waals surface area contributed by atoms with Crippen LogP contribution in [0.5, 0.6) is 0 Å². The SMILES string of the molecule is CC1CCCC(CO)(NC(=O)C(CN)C(C)C)C1. The molecule has 1 rings (SSSR count). The molecule has 0 aromatic carbocycles. The molecular formula is C14H28N2O2. The van der Waals surface area contributed by atoms with Gasteiger partial charge in [0, 0.05) is 6.54 Å². The third kappa shape index (κ3) is 3.69. The molecule has 3 unspecified atom stereocenters. The normalized spacial score (nSPS) is 30.2. The number of aliphatic hydroxyl groups is 1. The molecule has 0 saturated heterocycles. The van der Waals surface area contributed by atoms with Gasteiger partial charge in [-0.25, -0.2) is 0 Å². The van der Waals surface area contributed by atoms with Gasteiger partial charge in [-0.05, 0) is 24.7 Å². The molecule has 1 aliphatic rings. The minimum atomic E-state index is -0.420. The number of rotatable bonds is 5. The van der Waals surface area contributed by atoms with E-state index in [0.717, 1.165) is 19.3 Å². The van der Waals surface area contributed by atoms with Crippen molar-refractivity contribution in [3.05, 3.63) is 0 Å². The minimum Gasteiger partial charge on any atom is -0.394 e. The molecular weight excluding hydrogens is 228 g/mol. The summed E-state index contributed by atoms with van der Waals surface area (Å²) in [6.07, 6.45) is 3.98. The van der Waals surface area contributed by atoms with Gasteiger partial charge in [0.25, 0.3) is 0 Å². The number of aliphatic hydroxyl groups excluding tert-OH is 1. The zero-order valence-corrected chi connectivity index (χ0v) is 11.9. The number of hydrogen-bond donors (Lipinski definition) is 3. The Kier molecular flexibility index (Phi) is 5.60. The molecule has 1 amide bonds. The average Bonchev–Trinajstić information content (AvgIpc) is 2.29. The molecule has 0 spiro atoms. The van der Waals surface area contributed by atoms with E-state index in [-0.39, 0.29) is 24.3 Å². The quantitative estimate of drug-likeness (QED) is 0.693. The highest BCUT2D eigenvalue weighted by Crippen LogP contribution is 2.32. The molecule has 0 radical (unpaired) electrons. The molecule has 106 valence electrons. The van der Waals surface area contributed by atoms with Gasteiger partial charge in [-0.1, -0.05) is 33.6 Å². The van der Waals surface area contributed by atoms with Gasteiger partial charge < -0.3 is 16.2 Å². The van der Waals surface area contributed by atoms with E-state index >= 15 is 0 Å². The van der Waals surface area contributed by atoms with E-state index in [9.17, 15) is 9.90 Å². The molecule has 4 nitrogen and oxygen atoms in total. The van der Waals surface area contributed by atoms with E-state index in [0.29, 0.717) is 12.5 Å². The van der Waals surface area contributed by atoms with Gasteiger partial charge in [-0.2, -0.15) is 0 Å². The van der Waals surface area contributed by atoms with Crippen molar-refractivity contribution in [2.75, 3.05) is 13.2 Å². The van der Waals surface area contributed by atoms with Crippen LogP contribution in [-0.4, -0.2) is 29.7 Å². The van der Waals surface area contributed by atoms with E-state index in [1.807, 2.05) is 13.8 Å². The lowest BCUT2D eigenvalue weighted by atomic mass is 9.76. The lowest BCUT2D eigenvalue weighted by molar-refractivity contribution is -0.129. The summed E-state index contributed by atoms with van der Waals surface area (Å²) in [5.41, 5.74) is 5.25. The number of nitrogens with two attached hydrogens (primary N) is 1. The average molecular weight is 256 g/mol. The molecule has 0 heterocycles. The number of hydrogen-bond acceptors (Lipinski definition) is 3. The van der Waals surface area contributed by atoms with Gasteiger partial charge in [0.1, 0.15) is 0 Å². The maximum absolute atomic E-state index is 12.3. The third-order valence-corrected chi connectivity index (χ3v) is 4.18. The van der Waals surface area contributed by atoms with Crippen LogP contribution < -0.4 is 11.1 Å². The monoisotopic (exact) mass is 256 g/mol. The van der Waals surface area contributed by atoms with E-state index in [1.54, 1.807) is 0 Å². The van der Waals surface area contributed by atoms with E-state index < -0.39 is 5.54 Å². The highest BCUT2D eigenvalue weighted by Gasteiger charge is 2.37. The summed E-state index contributed by atoms with van der Waals surface area (Å²) < 4.78 is 0. The van der Waals surface area contributed by atoms with Crippen LogP contribution in [0.25, 0.3) is 0 Å².